The Morgan fingerprint density at radius 1 is 1.10 bits per heavy atom. The van der Waals surface area contributed by atoms with Crippen molar-refractivity contribution in [2.75, 3.05) is 0 Å². The Balaban J connectivity index is 1.72. The molecule has 1 aliphatic heterocycles. The Morgan fingerprint density at radius 2 is 1.62 bits per heavy atom. The predicted octanol–water partition coefficient (Wildman–Crippen LogP) is 2.49. The lowest BCUT2D eigenvalue weighted by Crippen LogP contribution is -2.35. The summed E-state index contributed by atoms with van der Waals surface area (Å²) < 4.78 is 0. The number of benzene rings is 1. The van der Waals surface area contributed by atoms with Crippen molar-refractivity contribution in [2.24, 2.45) is 5.92 Å². The molecule has 5 nitrogen and oxygen atoms in total. The molecule has 1 fully saturated rings. The van der Waals surface area contributed by atoms with Crippen LogP contribution in [0.25, 0.3) is 0 Å². The van der Waals surface area contributed by atoms with E-state index in [0.29, 0.717) is 17.9 Å². The maximum atomic E-state index is 12.1. The number of hydrogen-bond donors (Lipinski definition) is 0. The highest BCUT2D eigenvalue weighted by Gasteiger charge is 2.39. The molecule has 5 heteroatoms. The van der Waals surface area contributed by atoms with E-state index in [1.807, 2.05) is 0 Å². The molecule has 1 aliphatic carbocycles. The summed E-state index contributed by atoms with van der Waals surface area (Å²) in [7, 11) is 0. The van der Waals surface area contributed by atoms with Crippen LogP contribution in [0.4, 0.5) is 0 Å². The van der Waals surface area contributed by atoms with E-state index in [4.69, 9.17) is 4.84 Å². The second-order valence-corrected chi connectivity index (χ2v) is 5.38. The maximum Gasteiger partial charge on any atom is 0.336 e. The van der Waals surface area contributed by atoms with Crippen molar-refractivity contribution in [3.05, 3.63) is 47.5 Å². The molecular weight excluding hydrogens is 270 g/mol. The predicted molar refractivity (Wildman–Crippen MR) is 74.1 cm³/mol. The van der Waals surface area contributed by atoms with Gasteiger partial charge in [0.1, 0.15) is 0 Å². The summed E-state index contributed by atoms with van der Waals surface area (Å²) in [4.78, 5) is 41.3. The number of allylic oxidation sites excluding steroid dienone is 1. The van der Waals surface area contributed by atoms with Crippen LogP contribution in [-0.4, -0.2) is 22.8 Å². The first-order valence-corrected chi connectivity index (χ1v) is 6.94. The summed E-state index contributed by atoms with van der Waals surface area (Å²) in [6.07, 6.45) is 2.87. The van der Waals surface area contributed by atoms with Gasteiger partial charge in [-0.3, -0.25) is 9.59 Å². The maximum absolute atomic E-state index is 12.1. The summed E-state index contributed by atoms with van der Waals surface area (Å²) >= 11 is 0. The topological polar surface area (TPSA) is 63.7 Å². The van der Waals surface area contributed by atoms with Crippen molar-refractivity contribution in [2.45, 2.75) is 25.7 Å². The van der Waals surface area contributed by atoms with Crippen LogP contribution in [-0.2, 0) is 9.63 Å². The van der Waals surface area contributed by atoms with Gasteiger partial charge in [-0.05, 0) is 37.8 Å². The molecule has 0 bridgehead atoms. The molecule has 1 aromatic rings. The van der Waals surface area contributed by atoms with E-state index in [1.165, 1.54) is 0 Å². The van der Waals surface area contributed by atoms with E-state index in [1.54, 1.807) is 24.3 Å². The molecule has 0 saturated heterocycles. The van der Waals surface area contributed by atoms with E-state index in [2.05, 4.69) is 6.58 Å². The van der Waals surface area contributed by atoms with E-state index < -0.39 is 17.8 Å². The van der Waals surface area contributed by atoms with E-state index in [0.717, 1.165) is 18.4 Å². The average Bonchev–Trinajstić information content (AvgIpc) is 2.73. The highest BCUT2D eigenvalue weighted by molar-refractivity contribution is 6.20. The number of hydrogen-bond acceptors (Lipinski definition) is 4. The second kappa shape index (κ2) is 5.16. The Morgan fingerprint density at radius 3 is 2.14 bits per heavy atom. The molecule has 0 unspecified atom stereocenters. The largest absolute Gasteiger partial charge is 0.336 e. The molecule has 21 heavy (non-hydrogen) atoms. The Labute approximate surface area is 122 Å². The number of amides is 2. The lowest BCUT2D eigenvalue weighted by Gasteiger charge is -2.23. The molecule has 0 aromatic heterocycles. The SMILES string of the molecule is C=C1CCC(C(=O)ON2C(=O)c3ccccc3C2=O)CC1. The standard InChI is InChI=1S/C16H15NO4/c1-10-6-8-11(9-7-10)16(20)21-17-14(18)12-4-2-3-5-13(12)15(17)19/h2-5,11H,1,6-9H2. The Kier molecular flexibility index (Phi) is 3.33. The van der Waals surface area contributed by atoms with Gasteiger partial charge in [-0.2, -0.15) is 0 Å². The van der Waals surface area contributed by atoms with Crippen LogP contribution in [0.15, 0.2) is 36.4 Å². The Bertz CT molecular complexity index is 604. The van der Waals surface area contributed by atoms with Crippen LogP contribution in [0, 0.1) is 5.92 Å². The van der Waals surface area contributed by atoms with Gasteiger partial charge in [-0.1, -0.05) is 29.3 Å². The van der Waals surface area contributed by atoms with Gasteiger partial charge in [0.25, 0.3) is 11.8 Å². The minimum absolute atomic E-state index is 0.271. The van der Waals surface area contributed by atoms with Crippen LogP contribution in [0.3, 0.4) is 0 Å². The highest BCUT2D eigenvalue weighted by Crippen LogP contribution is 2.29. The van der Waals surface area contributed by atoms with Crippen molar-refractivity contribution in [3.8, 4) is 0 Å². The molecule has 3 rings (SSSR count). The monoisotopic (exact) mass is 285 g/mol. The Hall–Kier alpha value is -2.43. The lowest BCUT2D eigenvalue weighted by atomic mass is 9.87. The molecule has 0 spiro atoms. The minimum atomic E-state index is -0.579. The number of nitrogens with zero attached hydrogens (tertiary/aromatic N) is 1. The zero-order chi connectivity index (χ0) is 15.0. The quantitative estimate of drug-likeness (QED) is 0.618. The number of imide groups is 1. The van der Waals surface area contributed by atoms with Crippen LogP contribution in [0.1, 0.15) is 46.4 Å². The number of hydroxylamine groups is 2. The van der Waals surface area contributed by atoms with Crippen molar-refractivity contribution >= 4 is 17.8 Å². The molecular formula is C16H15NO4. The van der Waals surface area contributed by atoms with Gasteiger partial charge < -0.3 is 4.84 Å². The summed E-state index contributed by atoms with van der Waals surface area (Å²) in [5.41, 5.74) is 1.67. The van der Waals surface area contributed by atoms with Gasteiger partial charge in [-0.15, -0.1) is 0 Å². The first-order valence-electron chi connectivity index (χ1n) is 6.94. The van der Waals surface area contributed by atoms with Gasteiger partial charge in [0.15, 0.2) is 0 Å². The van der Waals surface area contributed by atoms with Crippen molar-refractivity contribution in [1.82, 2.24) is 5.06 Å². The third kappa shape index (κ3) is 2.35. The first kappa shape index (κ1) is 13.5. The fourth-order valence-corrected chi connectivity index (χ4v) is 2.68. The summed E-state index contributed by atoms with van der Waals surface area (Å²) in [6.45, 7) is 3.89. The molecule has 0 N–H and O–H groups in total. The van der Waals surface area contributed by atoms with Crippen LogP contribution >= 0.6 is 0 Å². The van der Waals surface area contributed by atoms with Crippen molar-refractivity contribution < 1.29 is 19.2 Å². The zero-order valence-electron chi connectivity index (χ0n) is 11.5. The molecule has 2 aliphatic rings. The second-order valence-electron chi connectivity index (χ2n) is 5.38. The van der Waals surface area contributed by atoms with Gasteiger partial charge in [-0.25, -0.2) is 4.79 Å². The third-order valence-electron chi connectivity index (χ3n) is 3.96. The zero-order valence-corrected chi connectivity index (χ0v) is 11.5. The fourth-order valence-electron chi connectivity index (χ4n) is 2.68. The molecule has 108 valence electrons. The molecule has 0 radical (unpaired) electrons. The van der Waals surface area contributed by atoms with Crippen molar-refractivity contribution in [3.63, 3.8) is 0 Å². The summed E-state index contributed by atoms with van der Waals surface area (Å²) in [5, 5.41) is 0.580. The fraction of sp³-hybridized carbons (Fsp3) is 0.312. The average molecular weight is 285 g/mol. The third-order valence-corrected chi connectivity index (χ3v) is 3.96. The van der Waals surface area contributed by atoms with E-state index in [-0.39, 0.29) is 17.0 Å². The molecule has 1 heterocycles. The van der Waals surface area contributed by atoms with E-state index >= 15 is 0 Å². The first-order chi connectivity index (χ1) is 10.1. The number of fused-ring (bicyclic) bond motifs is 1. The molecule has 0 atom stereocenters. The highest BCUT2D eigenvalue weighted by atomic mass is 16.7. The van der Waals surface area contributed by atoms with Gasteiger partial charge >= 0.3 is 5.97 Å². The van der Waals surface area contributed by atoms with Crippen LogP contribution < -0.4 is 0 Å². The molecule has 2 amide bonds. The van der Waals surface area contributed by atoms with Gasteiger partial charge in [0.05, 0.1) is 17.0 Å². The number of carbonyl (C=O) groups excluding carboxylic acids is 3. The number of rotatable bonds is 2. The van der Waals surface area contributed by atoms with E-state index in [9.17, 15) is 14.4 Å². The normalized spacial score (nSPS) is 18.9. The van der Waals surface area contributed by atoms with Gasteiger partial charge in [0, 0.05) is 0 Å². The minimum Gasteiger partial charge on any atom is -0.329 e. The number of carbonyl (C=O) groups is 3. The van der Waals surface area contributed by atoms with Crippen molar-refractivity contribution in [1.29, 1.82) is 0 Å². The van der Waals surface area contributed by atoms with Crippen LogP contribution in [0.5, 0.6) is 0 Å². The summed E-state index contributed by atoms with van der Waals surface area (Å²) in [5.74, 6) is -1.95. The lowest BCUT2D eigenvalue weighted by molar-refractivity contribution is -0.174. The van der Waals surface area contributed by atoms with Gasteiger partial charge in [0.2, 0.25) is 0 Å². The molecule has 1 saturated carbocycles. The van der Waals surface area contributed by atoms with Crippen LogP contribution in [0.2, 0.25) is 0 Å². The molecule has 1 aromatic carbocycles. The smallest absolute Gasteiger partial charge is 0.329 e. The summed E-state index contributed by atoms with van der Waals surface area (Å²) in [6, 6.07) is 6.44.